The molecule has 2 aromatic carbocycles. The Labute approximate surface area is 140 Å². The molecule has 1 aliphatic rings. The van der Waals surface area contributed by atoms with Gasteiger partial charge in [-0.1, -0.05) is 24.3 Å². The van der Waals surface area contributed by atoms with Crippen molar-refractivity contribution >= 4 is 22.6 Å². The maximum Gasteiger partial charge on any atom is 0.130 e. The van der Waals surface area contributed by atoms with E-state index in [2.05, 4.69) is 70.9 Å². The molecule has 110 valence electrons. The summed E-state index contributed by atoms with van der Waals surface area (Å²) >= 11 is 2.32. The summed E-state index contributed by atoms with van der Waals surface area (Å²) in [5.74, 6) is 2.54. The molecule has 1 heterocycles. The molecule has 1 aliphatic heterocycles. The van der Waals surface area contributed by atoms with E-state index in [-0.39, 0.29) is 0 Å². The number of nitrogens with zero attached hydrogens (tertiary/aromatic N) is 1. The highest BCUT2D eigenvalue weighted by molar-refractivity contribution is 14.1. The van der Waals surface area contributed by atoms with Crippen LogP contribution in [0.5, 0.6) is 11.5 Å². The maximum atomic E-state index is 6.15. The summed E-state index contributed by atoms with van der Waals surface area (Å²) in [6.45, 7) is 2.34. The van der Waals surface area contributed by atoms with E-state index in [9.17, 15) is 0 Å². The predicted octanol–water partition coefficient (Wildman–Crippen LogP) is 4.89. The number of halogens is 1. The first kappa shape index (κ1) is 14.9. The molecule has 1 fully saturated rings. The van der Waals surface area contributed by atoms with Crippen LogP contribution in [0, 0.1) is 3.57 Å². The van der Waals surface area contributed by atoms with E-state index in [1.165, 1.54) is 35.1 Å². The van der Waals surface area contributed by atoms with Crippen LogP contribution in [0.4, 0.5) is 0 Å². The molecule has 0 amide bonds. The van der Waals surface area contributed by atoms with E-state index >= 15 is 0 Å². The van der Waals surface area contributed by atoms with Crippen molar-refractivity contribution in [2.75, 3.05) is 20.1 Å². The van der Waals surface area contributed by atoms with E-state index in [0.717, 1.165) is 11.5 Å². The molecule has 0 spiro atoms. The predicted molar refractivity (Wildman–Crippen MR) is 95.1 cm³/mol. The third-order valence-electron chi connectivity index (χ3n) is 4.10. The van der Waals surface area contributed by atoms with Crippen molar-refractivity contribution in [2.24, 2.45) is 0 Å². The molecule has 3 heteroatoms. The lowest BCUT2D eigenvalue weighted by atomic mass is 9.89. The SMILES string of the molecule is CN1CCC(c2ccccc2Oc2cccc(I)c2)CC1. The first-order chi connectivity index (χ1) is 10.2. The van der Waals surface area contributed by atoms with Crippen LogP contribution in [0.15, 0.2) is 48.5 Å². The number of piperidine rings is 1. The van der Waals surface area contributed by atoms with Crippen molar-refractivity contribution < 1.29 is 4.74 Å². The molecule has 1 saturated heterocycles. The molecule has 2 aromatic rings. The van der Waals surface area contributed by atoms with Gasteiger partial charge in [-0.25, -0.2) is 0 Å². The molecule has 0 N–H and O–H groups in total. The normalized spacial score (nSPS) is 16.9. The summed E-state index contributed by atoms with van der Waals surface area (Å²) in [5.41, 5.74) is 1.35. The molecule has 0 atom stereocenters. The zero-order chi connectivity index (χ0) is 14.7. The van der Waals surface area contributed by atoms with Crippen LogP contribution in [0.25, 0.3) is 0 Å². The van der Waals surface area contributed by atoms with Crippen LogP contribution in [-0.4, -0.2) is 25.0 Å². The van der Waals surface area contributed by atoms with E-state index in [0.29, 0.717) is 5.92 Å². The fraction of sp³-hybridized carbons (Fsp3) is 0.333. The van der Waals surface area contributed by atoms with Crippen LogP contribution in [0.2, 0.25) is 0 Å². The van der Waals surface area contributed by atoms with Gasteiger partial charge in [0.15, 0.2) is 0 Å². The smallest absolute Gasteiger partial charge is 0.130 e. The van der Waals surface area contributed by atoms with E-state index < -0.39 is 0 Å². The average Bonchev–Trinajstić information content (AvgIpc) is 2.49. The van der Waals surface area contributed by atoms with E-state index in [1.54, 1.807) is 0 Å². The van der Waals surface area contributed by atoms with Crippen LogP contribution in [-0.2, 0) is 0 Å². The van der Waals surface area contributed by atoms with Gasteiger partial charge in [0.2, 0.25) is 0 Å². The lowest BCUT2D eigenvalue weighted by Crippen LogP contribution is -2.29. The van der Waals surface area contributed by atoms with Crippen molar-refractivity contribution in [1.29, 1.82) is 0 Å². The molecule has 3 rings (SSSR count). The van der Waals surface area contributed by atoms with Crippen LogP contribution < -0.4 is 4.74 Å². The Hall–Kier alpha value is -1.07. The Morgan fingerprint density at radius 2 is 1.81 bits per heavy atom. The highest BCUT2D eigenvalue weighted by Crippen LogP contribution is 2.36. The third-order valence-corrected chi connectivity index (χ3v) is 4.77. The summed E-state index contributed by atoms with van der Waals surface area (Å²) in [6, 6.07) is 16.7. The molecule has 2 nitrogen and oxygen atoms in total. The van der Waals surface area contributed by atoms with Gasteiger partial charge in [-0.15, -0.1) is 0 Å². The monoisotopic (exact) mass is 393 g/mol. The van der Waals surface area contributed by atoms with Crippen LogP contribution >= 0.6 is 22.6 Å². The minimum absolute atomic E-state index is 0.611. The van der Waals surface area contributed by atoms with Crippen molar-refractivity contribution in [3.63, 3.8) is 0 Å². The molecule has 0 aliphatic carbocycles. The topological polar surface area (TPSA) is 12.5 Å². The lowest BCUT2D eigenvalue weighted by Gasteiger charge is -2.30. The second-order valence-corrected chi connectivity index (χ2v) is 6.92. The van der Waals surface area contributed by atoms with Crippen molar-refractivity contribution in [3.8, 4) is 11.5 Å². The number of likely N-dealkylation sites (tertiary alicyclic amines) is 1. The van der Waals surface area contributed by atoms with Gasteiger partial charge in [0, 0.05) is 3.57 Å². The first-order valence-corrected chi connectivity index (χ1v) is 8.51. The average molecular weight is 393 g/mol. The van der Waals surface area contributed by atoms with Gasteiger partial charge >= 0.3 is 0 Å². The van der Waals surface area contributed by atoms with E-state index in [1.807, 2.05) is 12.1 Å². The number of hydrogen-bond acceptors (Lipinski definition) is 2. The summed E-state index contributed by atoms with van der Waals surface area (Å²) in [5, 5.41) is 0. The molecular formula is C18H20INO. The van der Waals surface area contributed by atoms with Gasteiger partial charge in [-0.2, -0.15) is 0 Å². The zero-order valence-corrected chi connectivity index (χ0v) is 14.4. The molecule has 0 unspecified atom stereocenters. The van der Waals surface area contributed by atoms with Gasteiger partial charge in [-0.3, -0.25) is 0 Å². The van der Waals surface area contributed by atoms with E-state index in [4.69, 9.17) is 4.74 Å². The number of benzene rings is 2. The minimum atomic E-state index is 0.611. The van der Waals surface area contributed by atoms with Crippen LogP contribution in [0.1, 0.15) is 24.3 Å². The van der Waals surface area contributed by atoms with Gasteiger partial charge in [-0.05, 0) is 91.3 Å². The fourth-order valence-corrected chi connectivity index (χ4v) is 3.40. The Kier molecular flexibility index (Phi) is 4.80. The number of hydrogen-bond donors (Lipinski definition) is 0. The summed E-state index contributed by atoms with van der Waals surface area (Å²) in [7, 11) is 2.20. The van der Waals surface area contributed by atoms with Crippen molar-refractivity contribution in [3.05, 3.63) is 57.7 Å². The number of rotatable bonds is 3. The maximum absolute atomic E-state index is 6.15. The fourth-order valence-electron chi connectivity index (χ4n) is 2.89. The second kappa shape index (κ2) is 6.79. The quantitative estimate of drug-likeness (QED) is 0.689. The highest BCUT2D eigenvalue weighted by Gasteiger charge is 2.21. The Morgan fingerprint density at radius 3 is 2.57 bits per heavy atom. The highest BCUT2D eigenvalue weighted by atomic mass is 127. The summed E-state index contributed by atoms with van der Waals surface area (Å²) in [6.07, 6.45) is 2.42. The molecular weight excluding hydrogens is 373 g/mol. The van der Waals surface area contributed by atoms with Crippen molar-refractivity contribution in [2.45, 2.75) is 18.8 Å². The standard InChI is InChI=1S/C18H20INO/c1-20-11-9-14(10-12-20)17-7-2-3-8-18(17)21-16-6-4-5-15(19)13-16/h2-8,13-14H,9-12H2,1H3. The molecule has 21 heavy (non-hydrogen) atoms. The molecule has 0 radical (unpaired) electrons. The second-order valence-electron chi connectivity index (χ2n) is 5.67. The lowest BCUT2D eigenvalue weighted by molar-refractivity contribution is 0.253. The molecule has 0 saturated carbocycles. The van der Waals surface area contributed by atoms with Gasteiger partial charge in [0.1, 0.15) is 11.5 Å². The van der Waals surface area contributed by atoms with Gasteiger partial charge in [0.25, 0.3) is 0 Å². The number of ether oxygens (including phenoxy) is 1. The Balaban J connectivity index is 1.82. The van der Waals surface area contributed by atoms with Gasteiger partial charge in [0.05, 0.1) is 0 Å². The molecule has 0 aromatic heterocycles. The summed E-state index contributed by atoms with van der Waals surface area (Å²) < 4.78 is 7.35. The van der Waals surface area contributed by atoms with Gasteiger partial charge < -0.3 is 9.64 Å². The largest absolute Gasteiger partial charge is 0.457 e. The molecule has 0 bridgehead atoms. The van der Waals surface area contributed by atoms with Crippen LogP contribution in [0.3, 0.4) is 0 Å². The Bertz CT molecular complexity index is 606. The summed E-state index contributed by atoms with van der Waals surface area (Å²) in [4.78, 5) is 2.40. The first-order valence-electron chi connectivity index (χ1n) is 7.43. The zero-order valence-electron chi connectivity index (χ0n) is 12.3. The third kappa shape index (κ3) is 3.77. The van der Waals surface area contributed by atoms with Crippen molar-refractivity contribution in [1.82, 2.24) is 4.90 Å². The Morgan fingerprint density at radius 1 is 1.05 bits per heavy atom. The number of para-hydroxylation sites is 1. The minimum Gasteiger partial charge on any atom is -0.457 e.